The first-order valence-corrected chi connectivity index (χ1v) is 7.44. The summed E-state index contributed by atoms with van der Waals surface area (Å²) in [6.45, 7) is 11.6. The molecule has 0 aromatic carbocycles. The van der Waals surface area contributed by atoms with Crippen LogP contribution in [0.25, 0.3) is 0 Å². The molecular formula is C15H28N4. The third-order valence-electron chi connectivity index (χ3n) is 4.02. The van der Waals surface area contributed by atoms with Crippen LogP contribution >= 0.6 is 0 Å². The second-order valence-electron chi connectivity index (χ2n) is 7.58. The summed E-state index contributed by atoms with van der Waals surface area (Å²) in [5.41, 5.74) is 0.927. The highest BCUT2D eigenvalue weighted by Gasteiger charge is 2.37. The van der Waals surface area contributed by atoms with Crippen molar-refractivity contribution in [2.45, 2.75) is 66.0 Å². The monoisotopic (exact) mass is 264 g/mol. The molecule has 1 N–H and O–H groups in total. The first-order valence-electron chi connectivity index (χ1n) is 7.44. The van der Waals surface area contributed by atoms with Crippen LogP contribution in [0, 0.1) is 10.8 Å². The zero-order chi connectivity index (χ0) is 13.9. The van der Waals surface area contributed by atoms with Gasteiger partial charge in [-0.1, -0.05) is 32.9 Å². The minimum absolute atomic E-state index is 0.464. The molecule has 1 aliphatic rings. The van der Waals surface area contributed by atoms with Crippen molar-refractivity contribution in [2.75, 3.05) is 6.54 Å². The SMILES string of the molecule is CC1(C)CC(NCCCn2ccnn2)CC(C)(C)C1. The average Bonchev–Trinajstić information content (AvgIpc) is 2.72. The second kappa shape index (κ2) is 5.61. The van der Waals surface area contributed by atoms with Gasteiger partial charge in [-0.05, 0) is 43.1 Å². The fourth-order valence-corrected chi connectivity index (χ4v) is 3.89. The highest BCUT2D eigenvalue weighted by molar-refractivity contribution is 4.92. The molecule has 0 unspecified atom stereocenters. The molecule has 108 valence electrons. The molecule has 2 rings (SSSR count). The van der Waals surface area contributed by atoms with Crippen LogP contribution in [-0.2, 0) is 6.54 Å². The van der Waals surface area contributed by atoms with Gasteiger partial charge in [-0.2, -0.15) is 0 Å². The number of hydrogen-bond donors (Lipinski definition) is 1. The van der Waals surface area contributed by atoms with Crippen molar-refractivity contribution >= 4 is 0 Å². The molecule has 0 aliphatic heterocycles. The lowest BCUT2D eigenvalue weighted by molar-refractivity contribution is 0.0850. The van der Waals surface area contributed by atoms with E-state index >= 15 is 0 Å². The van der Waals surface area contributed by atoms with E-state index in [1.165, 1.54) is 19.3 Å². The third-order valence-corrected chi connectivity index (χ3v) is 4.02. The largest absolute Gasteiger partial charge is 0.314 e. The molecule has 0 amide bonds. The van der Waals surface area contributed by atoms with Gasteiger partial charge in [-0.25, -0.2) is 0 Å². The van der Waals surface area contributed by atoms with E-state index in [2.05, 4.69) is 43.3 Å². The molecule has 1 heterocycles. The van der Waals surface area contributed by atoms with Crippen LogP contribution in [0.4, 0.5) is 0 Å². The number of rotatable bonds is 5. The van der Waals surface area contributed by atoms with Crippen LogP contribution in [0.2, 0.25) is 0 Å². The van der Waals surface area contributed by atoms with Gasteiger partial charge in [0, 0.05) is 18.8 Å². The molecule has 1 saturated carbocycles. The van der Waals surface area contributed by atoms with Crippen molar-refractivity contribution in [3.05, 3.63) is 12.4 Å². The molecule has 1 fully saturated rings. The fourth-order valence-electron chi connectivity index (χ4n) is 3.89. The first kappa shape index (κ1) is 14.5. The Labute approximate surface area is 117 Å². The maximum atomic E-state index is 3.99. The lowest BCUT2D eigenvalue weighted by Gasteiger charge is -2.45. The highest BCUT2D eigenvalue weighted by atomic mass is 15.4. The van der Waals surface area contributed by atoms with E-state index in [1.807, 2.05) is 10.9 Å². The summed E-state index contributed by atoms with van der Waals surface area (Å²) in [6, 6.07) is 0.662. The van der Waals surface area contributed by atoms with Gasteiger partial charge in [-0.3, -0.25) is 4.68 Å². The van der Waals surface area contributed by atoms with Crippen molar-refractivity contribution in [1.82, 2.24) is 20.3 Å². The number of aryl methyl sites for hydroxylation is 1. The summed E-state index contributed by atoms with van der Waals surface area (Å²) >= 11 is 0. The lowest BCUT2D eigenvalue weighted by atomic mass is 9.63. The molecule has 1 aliphatic carbocycles. The molecule has 19 heavy (non-hydrogen) atoms. The minimum atomic E-state index is 0.464. The second-order valence-corrected chi connectivity index (χ2v) is 7.58. The van der Waals surface area contributed by atoms with Gasteiger partial charge < -0.3 is 5.32 Å². The predicted molar refractivity (Wildman–Crippen MR) is 77.8 cm³/mol. The molecule has 1 aromatic heterocycles. The zero-order valence-corrected chi connectivity index (χ0v) is 12.8. The molecule has 4 heteroatoms. The molecule has 0 spiro atoms. The minimum Gasteiger partial charge on any atom is -0.314 e. The maximum absolute atomic E-state index is 3.99. The van der Waals surface area contributed by atoms with Crippen molar-refractivity contribution in [3.63, 3.8) is 0 Å². The van der Waals surface area contributed by atoms with Crippen LogP contribution in [0.3, 0.4) is 0 Å². The summed E-state index contributed by atoms with van der Waals surface area (Å²) in [5.74, 6) is 0. The number of hydrogen-bond acceptors (Lipinski definition) is 3. The highest BCUT2D eigenvalue weighted by Crippen LogP contribution is 2.45. The van der Waals surface area contributed by atoms with Gasteiger partial charge in [0.2, 0.25) is 0 Å². The van der Waals surface area contributed by atoms with E-state index < -0.39 is 0 Å². The van der Waals surface area contributed by atoms with Gasteiger partial charge in [0.15, 0.2) is 0 Å². The normalized spacial score (nSPS) is 22.5. The van der Waals surface area contributed by atoms with Gasteiger partial charge in [0.1, 0.15) is 0 Å². The Kier molecular flexibility index (Phi) is 4.29. The standard InChI is InChI=1S/C15H28N4/c1-14(2)10-13(11-15(3,4)12-14)16-6-5-8-19-9-7-17-18-19/h7,9,13,16H,5-6,8,10-12H2,1-4H3. The van der Waals surface area contributed by atoms with Gasteiger partial charge in [0.25, 0.3) is 0 Å². The van der Waals surface area contributed by atoms with E-state index in [0.717, 1.165) is 19.5 Å². The van der Waals surface area contributed by atoms with Crippen molar-refractivity contribution in [2.24, 2.45) is 10.8 Å². The Bertz CT molecular complexity index is 365. The summed E-state index contributed by atoms with van der Waals surface area (Å²) in [5, 5.41) is 11.5. The number of nitrogens with one attached hydrogen (secondary N) is 1. The van der Waals surface area contributed by atoms with Crippen molar-refractivity contribution in [1.29, 1.82) is 0 Å². The maximum Gasteiger partial charge on any atom is 0.0692 e. The van der Waals surface area contributed by atoms with Crippen LogP contribution in [0.1, 0.15) is 53.4 Å². The van der Waals surface area contributed by atoms with Crippen LogP contribution < -0.4 is 5.32 Å². The van der Waals surface area contributed by atoms with Crippen molar-refractivity contribution < 1.29 is 0 Å². The predicted octanol–water partition coefficient (Wildman–Crippen LogP) is 2.86. The van der Waals surface area contributed by atoms with Crippen LogP contribution in [-0.4, -0.2) is 27.6 Å². The molecule has 0 saturated heterocycles. The summed E-state index contributed by atoms with van der Waals surface area (Å²) in [6.07, 6.45) is 8.68. The Morgan fingerprint density at radius 3 is 2.47 bits per heavy atom. The van der Waals surface area contributed by atoms with E-state index in [1.54, 1.807) is 6.20 Å². The molecule has 0 bridgehead atoms. The van der Waals surface area contributed by atoms with E-state index in [9.17, 15) is 0 Å². The Balaban J connectivity index is 1.73. The molecule has 0 atom stereocenters. The Morgan fingerprint density at radius 1 is 1.21 bits per heavy atom. The topological polar surface area (TPSA) is 42.7 Å². The van der Waals surface area contributed by atoms with E-state index in [0.29, 0.717) is 16.9 Å². The van der Waals surface area contributed by atoms with E-state index in [-0.39, 0.29) is 0 Å². The van der Waals surface area contributed by atoms with E-state index in [4.69, 9.17) is 0 Å². The number of aromatic nitrogens is 3. The zero-order valence-electron chi connectivity index (χ0n) is 12.8. The summed E-state index contributed by atoms with van der Waals surface area (Å²) in [7, 11) is 0. The number of nitrogens with zero attached hydrogens (tertiary/aromatic N) is 3. The Morgan fingerprint density at radius 2 is 1.89 bits per heavy atom. The lowest BCUT2D eigenvalue weighted by Crippen LogP contribution is -2.44. The quantitative estimate of drug-likeness (QED) is 0.832. The van der Waals surface area contributed by atoms with Crippen LogP contribution in [0.5, 0.6) is 0 Å². The summed E-state index contributed by atoms with van der Waals surface area (Å²) < 4.78 is 1.90. The fraction of sp³-hybridized carbons (Fsp3) is 0.867. The molecule has 0 radical (unpaired) electrons. The smallest absolute Gasteiger partial charge is 0.0692 e. The van der Waals surface area contributed by atoms with Gasteiger partial charge in [-0.15, -0.1) is 5.10 Å². The Hall–Kier alpha value is -0.900. The average molecular weight is 264 g/mol. The van der Waals surface area contributed by atoms with Crippen LogP contribution in [0.15, 0.2) is 12.4 Å². The first-order chi connectivity index (χ1) is 8.86. The molecule has 4 nitrogen and oxygen atoms in total. The third kappa shape index (κ3) is 4.60. The summed E-state index contributed by atoms with van der Waals surface area (Å²) in [4.78, 5) is 0. The van der Waals surface area contributed by atoms with Gasteiger partial charge >= 0.3 is 0 Å². The van der Waals surface area contributed by atoms with Gasteiger partial charge in [0.05, 0.1) is 6.20 Å². The molecule has 1 aromatic rings. The molecular weight excluding hydrogens is 236 g/mol. The van der Waals surface area contributed by atoms with Crippen molar-refractivity contribution in [3.8, 4) is 0 Å².